The van der Waals surface area contributed by atoms with E-state index in [1.165, 1.54) is 6.92 Å². The maximum absolute atomic E-state index is 12.1. The molecule has 1 aliphatic heterocycles. The van der Waals surface area contributed by atoms with Crippen LogP contribution in [0.5, 0.6) is 0 Å². The van der Waals surface area contributed by atoms with Crippen LogP contribution in [-0.4, -0.2) is 29.8 Å². The maximum atomic E-state index is 12.1. The molecule has 3 N–H and O–H groups in total. The third kappa shape index (κ3) is 4.96. The van der Waals surface area contributed by atoms with Crippen LogP contribution in [0.3, 0.4) is 0 Å². The number of benzene rings is 1. The van der Waals surface area contributed by atoms with Crippen molar-refractivity contribution < 1.29 is 19.3 Å². The molecule has 2 rings (SSSR count). The number of carbonyl (C=O) groups excluding carboxylic acids is 2. The van der Waals surface area contributed by atoms with Gasteiger partial charge in [-0.1, -0.05) is 12.1 Å². The van der Waals surface area contributed by atoms with Gasteiger partial charge in [0.1, 0.15) is 11.6 Å². The molecule has 22 heavy (non-hydrogen) atoms. The van der Waals surface area contributed by atoms with Gasteiger partial charge < -0.3 is 15.4 Å². The Morgan fingerprint density at radius 2 is 1.95 bits per heavy atom. The lowest BCUT2D eigenvalue weighted by Crippen LogP contribution is -2.37. The Labute approximate surface area is 131 Å². The standard InChI is InChI=1S/C16H22BNO4/c1-11(19)8-16-7-4-13(17(21)22-16)10-15(20)9-12-2-5-14(18)6-3-12/h2-3,5-6,13,16,21H,4,7-10,18H2,1H3/t13-,16+/m1/s1. The summed E-state index contributed by atoms with van der Waals surface area (Å²) in [6.07, 6.45) is 2.13. The highest BCUT2D eigenvalue weighted by Crippen LogP contribution is 2.31. The smallest absolute Gasteiger partial charge is 0.427 e. The minimum absolute atomic E-state index is 0.0510. The molecule has 0 saturated carbocycles. The van der Waals surface area contributed by atoms with Crippen molar-refractivity contribution in [3.63, 3.8) is 0 Å². The first-order valence-corrected chi connectivity index (χ1v) is 7.63. The van der Waals surface area contributed by atoms with Crippen LogP contribution in [0.15, 0.2) is 24.3 Å². The Morgan fingerprint density at radius 3 is 2.55 bits per heavy atom. The maximum Gasteiger partial charge on any atom is 0.458 e. The van der Waals surface area contributed by atoms with E-state index < -0.39 is 7.12 Å². The molecule has 1 heterocycles. The molecule has 0 unspecified atom stereocenters. The Hall–Kier alpha value is -1.66. The van der Waals surface area contributed by atoms with Crippen molar-refractivity contribution in [3.05, 3.63) is 29.8 Å². The van der Waals surface area contributed by atoms with Crippen LogP contribution in [0.25, 0.3) is 0 Å². The summed E-state index contributed by atoms with van der Waals surface area (Å²) in [6, 6.07) is 7.22. The zero-order chi connectivity index (χ0) is 16.1. The molecule has 1 fully saturated rings. The van der Waals surface area contributed by atoms with Crippen LogP contribution in [0.1, 0.15) is 38.2 Å². The quantitative estimate of drug-likeness (QED) is 0.617. The third-order valence-corrected chi connectivity index (χ3v) is 3.98. The lowest BCUT2D eigenvalue weighted by molar-refractivity contribution is -0.120. The van der Waals surface area contributed by atoms with E-state index in [0.29, 0.717) is 37.8 Å². The zero-order valence-electron chi connectivity index (χ0n) is 12.8. The number of hydrogen-bond acceptors (Lipinski definition) is 5. The molecule has 118 valence electrons. The van der Waals surface area contributed by atoms with Crippen LogP contribution in [-0.2, 0) is 20.7 Å². The highest BCUT2D eigenvalue weighted by Gasteiger charge is 2.36. The van der Waals surface area contributed by atoms with Crippen LogP contribution < -0.4 is 5.73 Å². The average molecular weight is 303 g/mol. The molecule has 1 aromatic rings. The SMILES string of the molecule is CC(=O)C[C@@H]1CC[C@H](CC(=O)Cc2ccc(N)cc2)B(O)O1. The van der Waals surface area contributed by atoms with E-state index in [0.717, 1.165) is 5.56 Å². The van der Waals surface area contributed by atoms with Crippen LogP contribution in [0, 0.1) is 0 Å². The van der Waals surface area contributed by atoms with Crippen LogP contribution >= 0.6 is 0 Å². The fourth-order valence-corrected chi connectivity index (χ4v) is 2.82. The van der Waals surface area contributed by atoms with Gasteiger partial charge in [-0.25, -0.2) is 0 Å². The second kappa shape index (κ2) is 7.56. The van der Waals surface area contributed by atoms with Crippen molar-refractivity contribution >= 4 is 24.4 Å². The Morgan fingerprint density at radius 1 is 1.27 bits per heavy atom. The number of anilines is 1. The van der Waals surface area contributed by atoms with Crippen molar-refractivity contribution in [2.75, 3.05) is 5.73 Å². The summed E-state index contributed by atoms with van der Waals surface area (Å²) < 4.78 is 5.44. The summed E-state index contributed by atoms with van der Waals surface area (Å²) in [7, 11) is -0.964. The molecule has 2 atom stereocenters. The Kier molecular flexibility index (Phi) is 5.74. The number of rotatable bonds is 6. The predicted molar refractivity (Wildman–Crippen MR) is 85.3 cm³/mol. The van der Waals surface area contributed by atoms with Crippen molar-refractivity contribution in [1.82, 2.24) is 0 Å². The first kappa shape index (κ1) is 16.7. The molecular formula is C16H22BNO4. The van der Waals surface area contributed by atoms with Crippen LogP contribution in [0.2, 0.25) is 5.82 Å². The van der Waals surface area contributed by atoms with Gasteiger partial charge in [-0.05, 0) is 37.5 Å². The lowest BCUT2D eigenvalue weighted by Gasteiger charge is -2.30. The highest BCUT2D eigenvalue weighted by atomic mass is 16.5. The predicted octanol–water partition coefficient (Wildman–Crippen LogP) is 1.78. The number of hydrogen-bond donors (Lipinski definition) is 2. The molecule has 1 saturated heterocycles. The second-order valence-corrected chi connectivity index (χ2v) is 6.05. The first-order valence-electron chi connectivity index (χ1n) is 7.63. The van der Waals surface area contributed by atoms with Gasteiger partial charge in [-0.3, -0.25) is 9.59 Å². The van der Waals surface area contributed by atoms with E-state index in [2.05, 4.69) is 0 Å². The molecule has 6 heteroatoms. The number of Topliss-reactive ketones (excluding diaryl/α,β-unsaturated/α-hetero) is 2. The Balaban J connectivity index is 1.82. The van der Waals surface area contributed by atoms with E-state index >= 15 is 0 Å². The highest BCUT2D eigenvalue weighted by molar-refractivity contribution is 6.45. The van der Waals surface area contributed by atoms with Gasteiger partial charge in [0.25, 0.3) is 0 Å². The summed E-state index contributed by atoms with van der Waals surface area (Å²) in [4.78, 5) is 23.2. The van der Waals surface area contributed by atoms with Gasteiger partial charge in [0.05, 0.1) is 0 Å². The fraction of sp³-hybridized carbons (Fsp3) is 0.500. The monoisotopic (exact) mass is 303 g/mol. The molecule has 0 aromatic heterocycles. The van der Waals surface area contributed by atoms with Gasteiger partial charge in [-0.2, -0.15) is 0 Å². The van der Waals surface area contributed by atoms with Gasteiger partial charge in [0.2, 0.25) is 0 Å². The topological polar surface area (TPSA) is 89.6 Å². The minimum Gasteiger partial charge on any atom is -0.427 e. The van der Waals surface area contributed by atoms with Crippen molar-refractivity contribution in [3.8, 4) is 0 Å². The summed E-state index contributed by atoms with van der Waals surface area (Å²) >= 11 is 0. The largest absolute Gasteiger partial charge is 0.458 e. The summed E-state index contributed by atoms with van der Waals surface area (Å²) in [5.74, 6) is -0.0676. The van der Waals surface area contributed by atoms with E-state index in [1.54, 1.807) is 12.1 Å². The second-order valence-electron chi connectivity index (χ2n) is 6.05. The Bertz CT molecular complexity index is 531. The van der Waals surface area contributed by atoms with Crippen molar-refractivity contribution in [1.29, 1.82) is 0 Å². The van der Waals surface area contributed by atoms with E-state index in [4.69, 9.17) is 10.4 Å². The van der Waals surface area contributed by atoms with Gasteiger partial charge in [-0.15, -0.1) is 0 Å². The number of nitrogens with two attached hydrogens (primary N) is 1. The molecule has 0 bridgehead atoms. The first-order chi connectivity index (χ1) is 10.4. The number of ketones is 2. The molecule has 0 aliphatic carbocycles. The molecular weight excluding hydrogens is 281 g/mol. The van der Waals surface area contributed by atoms with Gasteiger partial charge >= 0.3 is 7.12 Å². The number of nitrogen functional groups attached to an aromatic ring is 1. The molecule has 0 amide bonds. The molecule has 1 aliphatic rings. The lowest BCUT2D eigenvalue weighted by atomic mass is 9.64. The minimum atomic E-state index is -0.964. The average Bonchev–Trinajstić information content (AvgIpc) is 2.44. The van der Waals surface area contributed by atoms with Crippen molar-refractivity contribution in [2.24, 2.45) is 0 Å². The normalized spacial score (nSPS) is 21.6. The zero-order valence-corrected chi connectivity index (χ0v) is 12.8. The van der Waals surface area contributed by atoms with Gasteiger partial charge in [0.15, 0.2) is 0 Å². The summed E-state index contributed by atoms with van der Waals surface area (Å²) in [5, 5.41) is 10.0. The molecule has 1 aromatic carbocycles. The fourth-order valence-electron chi connectivity index (χ4n) is 2.82. The van der Waals surface area contributed by atoms with Gasteiger partial charge in [0, 0.05) is 36.9 Å². The summed E-state index contributed by atoms with van der Waals surface area (Å²) in [6.45, 7) is 1.51. The molecule has 0 spiro atoms. The molecule has 5 nitrogen and oxygen atoms in total. The van der Waals surface area contributed by atoms with Crippen LogP contribution in [0.4, 0.5) is 5.69 Å². The number of carbonyl (C=O) groups is 2. The van der Waals surface area contributed by atoms with E-state index in [1.807, 2.05) is 12.1 Å². The van der Waals surface area contributed by atoms with Crippen molar-refractivity contribution in [2.45, 2.75) is 50.9 Å². The van der Waals surface area contributed by atoms with E-state index in [-0.39, 0.29) is 23.5 Å². The van der Waals surface area contributed by atoms with E-state index in [9.17, 15) is 14.6 Å². The molecule has 0 radical (unpaired) electrons. The summed E-state index contributed by atoms with van der Waals surface area (Å²) in [5.41, 5.74) is 7.20. The third-order valence-electron chi connectivity index (χ3n) is 3.98.